The summed E-state index contributed by atoms with van der Waals surface area (Å²) in [5.41, 5.74) is 1.27. The van der Waals surface area contributed by atoms with Crippen molar-refractivity contribution in [2.75, 3.05) is 19.6 Å². The highest BCUT2D eigenvalue weighted by molar-refractivity contribution is 5.08. The molecule has 0 amide bonds. The minimum atomic E-state index is 0.490. The smallest absolute Gasteiger partial charge is 0.0309 e. The van der Waals surface area contributed by atoms with Gasteiger partial charge in [-0.25, -0.2) is 0 Å². The van der Waals surface area contributed by atoms with Gasteiger partial charge in [0.25, 0.3) is 0 Å². The van der Waals surface area contributed by atoms with E-state index in [0.29, 0.717) is 5.54 Å². The molecule has 4 rings (SSSR count). The molecule has 0 aromatic rings. The first-order valence-corrected chi connectivity index (χ1v) is 8.71. The zero-order valence-corrected chi connectivity index (χ0v) is 12.6. The zero-order valence-electron chi connectivity index (χ0n) is 12.6. The van der Waals surface area contributed by atoms with Crippen LogP contribution in [0.3, 0.4) is 0 Å². The third kappa shape index (κ3) is 2.35. The maximum Gasteiger partial charge on any atom is 0.0309 e. The van der Waals surface area contributed by atoms with Crippen LogP contribution in [0.25, 0.3) is 0 Å². The van der Waals surface area contributed by atoms with Crippen LogP contribution in [-0.2, 0) is 0 Å². The average molecular weight is 262 g/mol. The first-order chi connectivity index (χ1) is 9.22. The molecule has 1 aliphatic heterocycles. The summed E-state index contributed by atoms with van der Waals surface area (Å²) in [5.74, 6) is 1.11. The summed E-state index contributed by atoms with van der Waals surface area (Å²) in [6.45, 7) is 6.41. The fourth-order valence-electron chi connectivity index (χ4n) is 4.83. The van der Waals surface area contributed by atoms with Crippen LogP contribution in [0.2, 0.25) is 0 Å². The summed E-state index contributed by atoms with van der Waals surface area (Å²) in [7, 11) is 0. The summed E-state index contributed by atoms with van der Waals surface area (Å²) in [6.07, 6.45) is 13.3. The van der Waals surface area contributed by atoms with Crippen LogP contribution in [0.15, 0.2) is 0 Å². The van der Waals surface area contributed by atoms with E-state index in [-0.39, 0.29) is 0 Å². The molecule has 0 bridgehead atoms. The Morgan fingerprint density at radius 2 is 1.79 bits per heavy atom. The van der Waals surface area contributed by atoms with E-state index in [4.69, 9.17) is 0 Å². The maximum absolute atomic E-state index is 3.92. The minimum Gasteiger partial charge on any atom is -0.308 e. The van der Waals surface area contributed by atoms with Crippen molar-refractivity contribution in [3.63, 3.8) is 0 Å². The molecule has 3 aliphatic carbocycles. The third-order valence-corrected chi connectivity index (χ3v) is 6.57. The van der Waals surface area contributed by atoms with Crippen molar-refractivity contribution >= 4 is 0 Å². The van der Waals surface area contributed by atoms with E-state index in [2.05, 4.69) is 17.1 Å². The van der Waals surface area contributed by atoms with Gasteiger partial charge in [-0.3, -0.25) is 4.90 Å². The van der Waals surface area contributed by atoms with Crippen molar-refractivity contribution in [1.82, 2.24) is 10.2 Å². The number of hydrogen-bond acceptors (Lipinski definition) is 2. The molecular weight excluding hydrogens is 232 g/mol. The molecule has 0 radical (unpaired) electrons. The van der Waals surface area contributed by atoms with E-state index >= 15 is 0 Å². The molecule has 4 fully saturated rings. The molecule has 1 unspecified atom stereocenters. The molecule has 3 saturated carbocycles. The fourth-order valence-corrected chi connectivity index (χ4v) is 4.83. The van der Waals surface area contributed by atoms with Gasteiger partial charge in [-0.15, -0.1) is 0 Å². The lowest BCUT2D eigenvalue weighted by molar-refractivity contribution is 0.0444. The largest absolute Gasteiger partial charge is 0.308 e. The van der Waals surface area contributed by atoms with Gasteiger partial charge in [-0.1, -0.05) is 19.3 Å². The normalized spacial score (nSPS) is 37.4. The Bertz CT molecular complexity index is 337. The van der Waals surface area contributed by atoms with E-state index in [1.807, 2.05) is 0 Å². The monoisotopic (exact) mass is 262 g/mol. The topological polar surface area (TPSA) is 15.3 Å². The summed E-state index contributed by atoms with van der Waals surface area (Å²) in [6, 6.07) is 0.753. The zero-order chi connectivity index (χ0) is 12.9. The fraction of sp³-hybridized carbons (Fsp3) is 1.00. The molecule has 1 atom stereocenters. The van der Waals surface area contributed by atoms with Crippen molar-refractivity contribution in [3.05, 3.63) is 0 Å². The predicted octanol–water partition coefficient (Wildman–Crippen LogP) is 3.17. The first-order valence-electron chi connectivity index (χ1n) is 8.71. The highest BCUT2D eigenvalue weighted by Gasteiger charge is 2.55. The summed E-state index contributed by atoms with van der Waals surface area (Å²) in [5, 5.41) is 3.92. The van der Waals surface area contributed by atoms with Crippen LogP contribution in [0.5, 0.6) is 0 Å². The Balaban J connectivity index is 1.44. The van der Waals surface area contributed by atoms with E-state index in [9.17, 15) is 0 Å². The van der Waals surface area contributed by atoms with Crippen LogP contribution in [0, 0.1) is 11.3 Å². The van der Waals surface area contributed by atoms with Gasteiger partial charge in [-0.2, -0.15) is 0 Å². The van der Waals surface area contributed by atoms with E-state index in [1.54, 1.807) is 0 Å². The molecule has 1 saturated heterocycles. The molecule has 4 aliphatic rings. The summed E-state index contributed by atoms with van der Waals surface area (Å²) in [4.78, 5) is 2.87. The van der Waals surface area contributed by atoms with Crippen LogP contribution in [-0.4, -0.2) is 36.1 Å². The van der Waals surface area contributed by atoms with Crippen LogP contribution >= 0.6 is 0 Å². The van der Waals surface area contributed by atoms with Crippen molar-refractivity contribution < 1.29 is 0 Å². The Hall–Kier alpha value is -0.0800. The first kappa shape index (κ1) is 12.6. The lowest BCUT2D eigenvalue weighted by Gasteiger charge is -2.50. The molecule has 0 aromatic carbocycles. The maximum atomic E-state index is 3.92. The van der Waals surface area contributed by atoms with Crippen LogP contribution in [0.4, 0.5) is 0 Å². The second kappa shape index (κ2) is 4.46. The number of nitrogens with zero attached hydrogens (tertiary/aromatic N) is 1. The Morgan fingerprint density at radius 3 is 2.42 bits per heavy atom. The van der Waals surface area contributed by atoms with Gasteiger partial charge in [0.1, 0.15) is 0 Å². The molecule has 2 heteroatoms. The quantitative estimate of drug-likeness (QED) is 0.840. The average Bonchev–Trinajstić information content (AvgIpc) is 3.27. The van der Waals surface area contributed by atoms with Gasteiger partial charge in [0.15, 0.2) is 0 Å². The van der Waals surface area contributed by atoms with Crippen molar-refractivity contribution in [1.29, 1.82) is 0 Å². The van der Waals surface area contributed by atoms with Gasteiger partial charge in [0, 0.05) is 31.2 Å². The lowest BCUT2D eigenvalue weighted by atomic mass is 9.79. The molecule has 108 valence electrons. The minimum absolute atomic E-state index is 0.490. The number of piperazine rings is 1. The molecule has 0 aromatic heterocycles. The number of nitrogens with one attached hydrogen (secondary N) is 1. The molecule has 19 heavy (non-hydrogen) atoms. The van der Waals surface area contributed by atoms with Gasteiger partial charge in [-0.05, 0) is 56.8 Å². The predicted molar refractivity (Wildman–Crippen MR) is 79.2 cm³/mol. The standard InChI is InChI=1S/C17H30N2/c1-14-11-18-17(7-3-2-4-8-17)13-19(14)12-16(9-10-16)15-5-6-15/h14-15,18H,2-13H2,1H3. The Labute approximate surface area is 118 Å². The van der Waals surface area contributed by atoms with Crippen LogP contribution in [0.1, 0.15) is 64.7 Å². The Morgan fingerprint density at radius 1 is 1.05 bits per heavy atom. The third-order valence-electron chi connectivity index (χ3n) is 6.57. The van der Waals surface area contributed by atoms with E-state index in [0.717, 1.165) is 17.4 Å². The van der Waals surface area contributed by atoms with Gasteiger partial charge < -0.3 is 5.32 Å². The lowest BCUT2D eigenvalue weighted by Crippen LogP contribution is -2.64. The van der Waals surface area contributed by atoms with Crippen molar-refractivity contribution in [2.24, 2.45) is 11.3 Å². The van der Waals surface area contributed by atoms with Gasteiger partial charge in [0.05, 0.1) is 0 Å². The summed E-state index contributed by atoms with van der Waals surface area (Å²) >= 11 is 0. The number of hydrogen-bond donors (Lipinski definition) is 1. The van der Waals surface area contributed by atoms with E-state index in [1.165, 1.54) is 77.4 Å². The second-order valence-electron chi connectivity index (χ2n) is 8.11. The second-order valence-corrected chi connectivity index (χ2v) is 8.11. The van der Waals surface area contributed by atoms with Crippen molar-refractivity contribution in [2.45, 2.75) is 76.3 Å². The molecule has 1 heterocycles. The highest BCUT2D eigenvalue weighted by Crippen LogP contribution is 2.61. The van der Waals surface area contributed by atoms with Crippen molar-refractivity contribution in [3.8, 4) is 0 Å². The van der Waals surface area contributed by atoms with Gasteiger partial charge >= 0.3 is 0 Å². The molecule has 1 N–H and O–H groups in total. The Kier molecular flexibility index (Phi) is 2.97. The molecular formula is C17H30N2. The summed E-state index contributed by atoms with van der Waals surface area (Å²) < 4.78 is 0. The highest BCUT2D eigenvalue weighted by atomic mass is 15.3. The SMILES string of the molecule is CC1CNC2(CCCCC2)CN1CC1(C2CC2)CC1. The molecule has 1 spiro atoms. The molecule has 2 nitrogen and oxygen atoms in total. The number of rotatable bonds is 3. The van der Waals surface area contributed by atoms with Crippen LogP contribution < -0.4 is 5.32 Å². The van der Waals surface area contributed by atoms with E-state index < -0.39 is 0 Å². The van der Waals surface area contributed by atoms with Gasteiger partial charge in [0.2, 0.25) is 0 Å².